The summed E-state index contributed by atoms with van der Waals surface area (Å²) in [5, 5.41) is 0.430. The first-order valence-electron chi connectivity index (χ1n) is 4.27. The molecular formula is C8H8Br2F3N3. The van der Waals surface area contributed by atoms with Crippen molar-refractivity contribution in [3.63, 3.8) is 0 Å². The van der Waals surface area contributed by atoms with Crippen LogP contribution >= 0.6 is 31.9 Å². The van der Waals surface area contributed by atoms with Crippen LogP contribution in [-0.2, 0) is 0 Å². The molecule has 1 heterocycles. The van der Waals surface area contributed by atoms with Crippen LogP contribution < -0.4 is 4.90 Å². The van der Waals surface area contributed by atoms with Crippen molar-refractivity contribution in [1.82, 2.24) is 9.97 Å². The van der Waals surface area contributed by atoms with E-state index in [1.165, 1.54) is 12.5 Å². The third-order valence-corrected chi connectivity index (χ3v) is 2.59. The predicted octanol–water partition coefficient (Wildman–Crippen LogP) is 3.00. The lowest BCUT2D eigenvalue weighted by molar-refractivity contribution is -0.119. The minimum atomic E-state index is -4.26. The standard InChI is InChI=1S/C8H8Br2F3N3/c9-1-2-16(4-8(11,12)13)7-6(10)3-14-5-15-7/h3,5H,1-2,4H2. The third-order valence-electron chi connectivity index (χ3n) is 1.67. The summed E-state index contributed by atoms with van der Waals surface area (Å²) in [6, 6.07) is 0. The van der Waals surface area contributed by atoms with E-state index in [1.807, 2.05) is 0 Å². The zero-order valence-corrected chi connectivity index (χ0v) is 11.2. The van der Waals surface area contributed by atoms with Crippen LogP contribution in [0.4, 0.5) is 19.0 Å². The van der Waals surface area contributed by atoms with Gasteiger partial charge in [0.2, 0.25) is 0 Å². The molecule has 0 aliphatic carbocycles. The Morgan fingerprint density at radius 2 is 2.06 bits per heavy atom. The van der Waals surface area contributed by atoms with Crippen LogP contribution in [-0.4, -0.2) is 34.6 Å². The number of hydrogen-bond donors (Lipinski definition) is 0. The van der Waals surface area contributed by atoms with E-state index in [9.17, 15) is 13.2 Å². The number of alkyl halides is 4. The molecule has 1 rings (SSSR count). The highest BCUT2D eigenvalue weighted by molar-refractivity contribution is 9.10. The predicted molar refractivity (Wildman–Crippen MR) is 61.8 cm³/mol. The van der Waals surface area contributed by atoms with Crippen LogP contribution in [0.25, 0.3) is 0 Å². The molecule has 0 unspecified atom stereocenters. The fraction of sp³-hybridized carbons (Fsp3) is 0.500. The highest BCUT2D eigenvalue weighted by atomic mass is 79.9. The Balaban J connectivity index is 2.89. The Hall–Kier alpha value is -0.370. The maximum atomic E-state index is 12.3. The Morgan fingerprint density at radius 1 is 1.38 bits per heavy atom. The summed E-state index contributed by atoms with van der Waals surface area (Å²) in [6.45, 7) is -0.816. The highest BCUT2D eigenvalue weighted by Crippen LogP contribution is 2.26. The molecule has 0 fully saturated rings. The zero-order valence-electron chi connectivity index (χ0n) is 8.01. The molecule has 0 radical (unpaired) electrons. The Bertz CT molecular complexity index is 346. The van der Waals surface area contributed by atoms with Crippen LogP contribution in [0.15, 0.2) is 17.0 Å². The maximum absolute atomic E-state index is 12.3. The van der Waals surface area contributed by atoms with Gasteiger partial charge in [0.1, 0.15) is 18.7 Å². The normalized spacial score (nSPS) is 11.6. The summed E-state index contributed by atoms with van der Waals surface area (Å²) in [5.74, 6) is 0.242. The minimum Gasteiger partial charge on any atom is -0.346 e. The van der Waals surface area contributed by atoms with E-state index >= 15 is 0 Å². The molecule has 0 aliphatic rings. The third kappa shape index (κ3) is 4.25. The van der Waals surface area contributed by atoms with Crippen LogP contribution in [0.1, 0.15) is 0 Å². The molecule has 0 saturated carbocycles. The molecule has 1 aromatic heterocycles. The van der Waals surface area contributed by atoms with Gasteiger partial charge in [-0.25, -0.2) is 9.97 Å². The lowest BCUT2D eigenvalue weighted by Gasteiger charge is -2.24. The SMILES string of the molecule is FC(F)(F)CN(CCBr)c1ncncc1Br. The first kappa shape index (κ1) is 13.7. The molecule has 0 aliphatic heterocycles. The van der Waals surface area contributed by atoms with Crippen molar-refractivity contribution in [3.8, 4) is 0 Å². The molecule has 0 bridgehead atoms. The molecule has 1 aromatic rings. The van der Waals surface area contributed by atoms with Crippen molar-refractivity contribution in [2.24, 2.45) is 0 Å². The quantitative estimate of drug-likeness (QED) is 0.771. The van der Waals surface area contributed by atoms with Crippen molar-refractivity contribution in [2.75, 3.05) is 23.3 Å². The van der Waals surface area contributed by atoms with Gasteiger partial charge in [0.25, 0.3) is 0 Å². The van der Waals surface area contributed by atoms with Gasteiger partial charge in [-0.15, -0.1) is 0 Å². The molecule has 0 amide bonds. The van der Waals surface area contributed by atoms with E-state index in [2.05, 4.69) is 41.8 Å². The average Bonchev–Trinajstić information content (AvgIpc) is 2.16. The number of aromatic nitrogens is 2. The van der Waals surface area contributed by atoms with E-state index in [-0.39, 0.29) is 12.4 Å². The van der Waals surface area contributed by atoms with E-state index < -0.39 is 12.7 Å². The zero-order chi connectivity index (χ0) is 12.2. The van der Waals surface area contributed by atoms with Crippen molar-refractivity contribution in [2.45, 2.75) is 6.18 Å². The summed E-state index contributed by atoms with van der Waals surface area (Å²) < 4.78 is 37.4. The van der Waals surface area contributed by atoms with Crippen LogP contribution in [0.2, 0.25) is 0 Å². The number of nitrogens with zero attached hydrogens (tertiary/aromatic N) is 3. The second kappa shape index (κ2) is 5.81. The Morgan fingerprint density at radius 3 is 2.56 bits per heavy atom. The van der Waals surface area contributed by atoms with Gasteiger partial charge < -0.3 is 4.90 Å². The topological polar surface area (TPSA) is 29.0 Å². The molecule has 0 saturated heterocycles. The molecule has 0 spiro atoms. The molecule has 0 atom stereocenters. The molecular weight excluding hydrogens is 355 g/mol. The van der Waals surface area contributed by atoms with Gasteiger partial charge in [0, 0.05) is 18.1 Å². The lowest BCUT2D eigenvalue weighted by atomic mass is 10.4. The molecule has 0 N–H and O–H groups in total. The Labute approximate surface area is 107 Å². The fourth-order valence-corrected chi connectivity index (χ4v) is 2.02. The summed E-state index contributed by atoms with van der Waals surface area (Å²) in [5.41, 5.74) is 0. The number of halogens is 5. The number of hydrogen-bond acceptors (Lipinski definition) is 3. The fourth-order valence-electron chi connectivity index (χ4n) is 1.12. The van der Waals surface area contributed by atoms with Gasteiger partial charge >= 0.3 is 6.18 Å². The molecule has 3 nitrogen and oxygen atoms in total. The second-order valence-corrected chi connectivity index (χ2v) is 4.57. The van der Waals surface area contributed by atoms with Crippen molar-refractivity contribution in [3.05, 3.63) is 17.0 Å². The van der Waals surface area contributed by atoms with Crippen molar-refractivity contribution < 1.29 is 13.2 Å². The molecule has 90 valence electrons. The van der Waals surface area contributed by atoms with Crippen LogP contribution in [0, 0.1) is 0 Å². The molecule has 16 heavy (non-hydrogen) atoms. The molecule has 8 heteroatoms. The minimum absolute atomic E-state index is 0.217. The highest BCUT2D eigenvalue weighted by Gasteiger charge is 2.31. The average molecular weight is 363 g/mol. The van der Waals surface area contributed by atoms with E-state index in [1.54, 1.807) is 0 Å². The van der Waals surface area contributed by atoms with Crippen molar-refractivity contribution >= 4 is 37.7 Å². The monoisotopic (exact) mass is 361 g/mol. The lowest BCUT2D eigenvalue weighted by Crippen LogP contribution is -2.36. The van der Waals surface area contributed by atoms with Crippen LogP contribution in [0.3, 0.4) is 0 Å². The maximum Gasteiger partial charge on any atom is 0.405 e. The number of anilines is 1. The first-order chi connectivity index (χ1) is 7.44. The van der Waals surface area contributed by atoms with Crippen molar-refractivity contribution in [1.29, 1.82) is 0 Å². The van der Waals surface area contributed by atoms with E-state index in [4.69, 9.17) is 0 Å². The van der Waals surface area contributed by atoms with Gasteiger partial charge in [-0.2, -0.15) is 13.2 Å². The smallest absolute Gasteiger partial charge is 0.346 e. The number of rotatable bonds is 4. The van der Waals surface area contributed by atoms with E-state index in [0.717, 1.165) is 4.90 Å². The van der Waals surface area contributed by atoms with Gasteiger partial charge in [0.15, 0.2) is 0 Å². The van der Waals surface area contributed by atoms with Gasteiger partial charge in [-0.1, -0.05) is 15.9 Å². The summed E-state index contributed by atoms with van der Waals surface area (Å²) in [4.78, 5) is 8.67. The summed E-state index contributed by atoms with van der Waals surface area (Å²) >= 11 is 6.24. The summed E-state index contributed by atoms with van der Waals surface area (Å²) in [6.07, 6.45) is -1.62. The molecule has 0 aromatic carbocycles. The summed E-state index contributed by atoms with van der Waals surface area (Å²) in [7, 11) is 0. The second-order valence-electron chi connectivity index (χ2n) is 2.92. The van der Waals surface area contributed by atoms with Gasteiger partial charge in [0.05, 0.1) is 4.47 Å². The first-order valence-corrected chi connectivity index (χ1v) is 6.18. The largest absolute Gasteiger partial charge is 0.405 e. The Kier molecular flexibility index (Phi) is 4.97. The van der Waals surface area contributed by atoms with Crippen LogP contribution in [0.5, 0.6) is 0 Å². The van der Waals surface area contributed by atoms with Gasteiger partial charge in [-0.3, -0.25) is 0 Å². The van der Waals surface area contributed by atoms with Gasteiger partial charge in [-0.05, 0) is 15.9 Å². The van der Waals surface area contributed by atoms with E-state index in [0.29, 0.717) is 9.80 Å².